The molecule has 0 saturated carbocycles. The first kappa shape index (κ1) is 18.4. The number of pyridine rings is 1. The molecule has 1 N–H and O–H groups in total. The third-order valence-corrected chi connectivity index (χ3v) is 5.63. The van der Waals surface area contributed by atoms with Crippen LogP contribution in [0.2, 0.25) is 5.02 Å². The molecule has 0 bridgehead atoms. The summed E-state index contributed by atoms with van der Waals surface area (Å²) in [6.45, 7) is 1.96. The first-order valence-electron chi connectivity index (χ1n) is 8.53. The first-order chi connectivity index (χ1) is 13.6. The number of carbonyl (C=O) groups excluding carboxylic acids is 1. The van der Waals surface area contributed by atoms with Gasteiger partial charge in [-0.2, -0.15) is 0 Å². The lowest BCUT2D eigenvalue weighted by molar-refractivity contribution is 0.102. The van der Waals surface area contributed by atoms with Gasteiger partial charge in [-0.1, -0.05) is 35.1 Å². The molecule has 7 heteroatoms. The van der Waals surface area contributed by atoms with E-state index in [1.807, 2.05) is 37.3 Å². The maximum absolute atomic E-state index is 12.8. The molecule has 0 aliphatic carbocycles. The molecule has 0 unspecified atom stereocenters. The van der Waals surface area contributed by atoms with Gasteiger partial charge >= 0.3 is 0 Å². The fourth-order valence-electron chi connectivity index (χ4n) is 2.94. The molecule has 4 aromatic rings. The van der Waals surface area contributed by atoms with Crippen LogP contribution in [0.3, 0.4) is 0 Å². The molecule has 0 aliphatic heterocycles. The van der Waals surface area contributed by atoms with Crippen molar-refractivity contribution in [2.75, 3.05) is 12.4 Å². The van der Waals surface area contributed by atoms with Crippen molar-refractivity contribution in [3.8, 4) is 16.3 Å². The van der Waals surface area contributed by atoms with Gasteiger partial charge in [0, 0.05) is 22.5 Å². The maximum Gasteiger partial charge on any atom is 0.259 e. The Morgan fingerprint density at radius 2 is 2.04 bits per heavy atom. The standard InChI is InChI=1S/C21H16ClN3O2S/c1-12-14(20-25-17-7-4-10-23-21(17)28-20)5-3-6-16(12)24-19(26)15-11-13(22)8-9-18(15)27-2/h3-11H,1-2H3,(H,24,26). The van der Waals surface area contributed by atoms with Crippen LogP contribution in [0.4, 0.5) is 5.69 Å². The zero-order valence-electron chi connectivity index (χ0n) is 15.2. The van der Waals surface area contributed by atoms with Crippen molar-refractivity contribution in [2.45, 2.75) is 6.92 Å². The van der Waals surface area contributed by atoms with E-state index in [1.165, 1.54) is 18.4 Å². The van der Waals surface area contributed by atoms with Gasteiger partial charge in [-0.25, -0.2) is 9.97 Å². The number of aromatic nitrogens is 2. The van der Waals surface area contributed by atoms with Gasteiger partial charge in [0.05, 0.1) is 12.7 Å². The Labute approximate surface area is 171 Å². The number of halogens is 1. The second kappa shape index (κ2) is 7.58. The topological polar surface area (TPSA) is 64.1 Å². The highest BCUT2D eigenvalue weighted by molar-refractivity contribution is 7.21. The van der Waals surface area contributed by atoms with Crippen molar-refractivity contribution in [1.29, 1.82) is 0 Å². The second-order valence-electron chi connectivity index (χ2n) is 6.12. The summed E-state index contributed by atoms with van der Waals surface area (Å²) < 4.78 is 5.28. The van der Waals surface area contributed by atoms with Crippen LogP contribution in [-0.4, -0.2) is 23.0 Å². The summed E-state index contributed by atoms with van der Waals surface area (Å²) in [7, 11) is 1.52. The second-order valence-corrected chi connectivity index (χ2v) is 7.54. The lowest BCUT2D eigenvalue weighted by Gasteiger charge is -2.13. The number of amides is 1. The van der Waals surface area contributed by atoms with E-state index in [9.17, 15) is 4.79 Å². The normalized spacial score (nSPS) is 10.8. The molecule has 2 aromatic heterocycles. The highest BCUT2D eigenvalue weighted by Gasteiger charge is 2.16. The van der Waals surface area contributed by atoms with Crippen molar-refractivity contribution in [3.63, 3.8) is 0 Å². The molecule has 2 heterocycles. The zero-order chi connectivity index (χ0) is 19.7. The third-order valence-electron chi connectivity index (χ3n) is 4.38. The molecule has 28 heavy (non-hydrogen) atoms. The number of ether oxygens (including phenoxy) is 1. The number of fused-ring (bicyclic) bond motifs is 1. The Morgan fingerprint density at radius 3 is 2.82 bits per heavy atom. The van der Waals surface area contributed by atoms with Crippen molar-refractivity contribution >= 4 is 44.9 Å². The van der Waals surface area contributed by atoms with Gasteiger partial charge in [0.1, 0.15) is 21.1 Å². The summed E-state index contributed by atoms with van der Waals surface area (Å²) in [5.74, 6) is 0.179. The maximum atomic E-state index is 12.8. The summed E-state index contributed by atoms with van der Waals surface area (Å²) in [6, 6.07) is 14.5. The van der Waals surface area contributed by atoms with Crippen LogP contribution >= 0.6 is 22.9 Å². The minimum Gasteiger partial charge on any atom is -0.496 e. The number of carbonyl (C=O) groups is 1. The highest BCUT2D eigenvalue weighted by atomic mass is 35.5. The van der Waals surface area contributed by atoms with Gasteiger partial charge in [0.15, 0.2) is 0 Å². The number of anilines is 1. The molecule has 0 saturated heterocycles. The first-order valence-corrected chi connectivity index (χ1v) is 9.72. The molecule has 0 spiro atoms. The Kier molecular flexibility index (Phi) is 4.98. The van der Waals surface area contributed by atoms with E-state index in [4.69, 9.17) is 16.3 Å². The third kappa shape index (κ3) is 3.44. The van der Waals surface area contributed by atoms with Crippen LogP contribution in [0.25, 0.3) is 20.9 Å². The number of benzene rings is 2. The number of thiazole rings is 1. The van der Waals surface area contributed by atoms with Gasteiger partial charge in [0.25, 0.3) is 5.91 Å². The predicted molar refractivity (Wildman–Crippen MR) is 114 cm³/mol. The fourth-order valence-corrected chi connectivity index (χ4v) is 4.10. The van der Waals surface area contributed by atoms with Crippen LogP contribution in [-0.2, 0) is 0 Å². The van der Waals surface area contributed by atoms with E-state index in [0.29, 0.717) is 22.0 Å². The van der Waals surface area contributed by atoms with E-state index in [0.717, 1.165) is 26.5 Å². The molecular weight excluding hydrogens is 394 g/mol. The number of nitrogens with one attached hydrogen (secondary N) is 1. The van der Waals surface area contributed by atoms with Gasteiger partial charge in [0.2, 0.25) is 0 Å². The largest absolute Gasteiger partial charge is 0.496 e. The summed E-state index contributed by atoms with van der Waals surface area (Å²) in [5.41, 5.74) is 3.83. The monoisotopic (exact) mass is 409 g/mol. The van der Waals surface area contributed by atoms with Crippen LogP contribution in [0.1, 0.15) is 15.9 Å². The summed E-state index contributed by atoms with van der Waals surface area (Å²) in [6.07, 6.45) is 1.76. The molecule has 0 atom stereocenters. The predicted octanol–water partition coefficient (Wildman–Crippen LogP) is 5.58. The van der Waals surface area contributed by atoms with E-state index in [1.54, 1.807) is 24.4 Å². The lowest BCUT2D eigenvalue weighted by Crippen LogP contribution is -2.14. The van der Waals surface area contributed by atoms with Crippen LogP contribution in [0.5, 0.6) is 5.75 Å². The number of hydrogen-bond donors (Lipinski definition) is 1. The SMILES string of the molecule is COc1ccc(Cl)cc1C(=O)Nc1cccc(-c2nc3cccnc3s2)c1C. The number of rotatable bonds is 4. The molecule has 4 rings (SSSR count). The summed E-state index contributed by atoms with van der Waals surface area (Å²) in [4.78, 5) is 22.7. The van der Waals surface area contributed by atoms with E-state index < -0.39 is 0 Å². The molecule has 0 aliphatic rings. The Hall–Kier alpha value is -2.96. The van der Waals surface area contributed by atoms with Gasteiger partial charge in [-0.05, 0) is 48.9 Å². The Morgan fingerprint density at radius 1 is 1.18 bits per heavy atom. The summed E-state index contributed by atoms with van der Waals surface area (Å²) in [5, 5.41) is 4.29. The molecular formula is C21H16ClN3O2S. The zero-order valence-corrected chi connectivity index (χ0v) is 16.8. The Balaban J connectivity index is 1.69. The van der Waals surface area contributed by atoms with Gasteiger partial charge < -0.3 is 10.1 Å². The molecule has 140 valence electrons. The van der Waals surface area contributed by atoms with Gasteiger partial charge in [-0.3, -0.25) is 4.79 Å². The average molecular weight is 410 g/mol. The van der Waals surface area contributed by atoms with Crippen LogP contribution in [0, 0.1) is 6.92 Å². The summed E-state index contributed by atoms with van der Waals surface area (Å²) >= 11 is 7.57. The minimum atomic E-state index is -0.287. The average Bonchev–Trinajstić information content (AvgIpc) is 3.13. The smallest absolute Gasteiger partial charge is 0.259 e. The van der Waals surface area contributed by atoms with Crippen molar-refractivity contribution in [3.05, 3.63) is 70.9 Å². The van der Waals surface area contributed by atoms with Crippen LogP contribution < -0.4 is 10.1 Å². The highest BCUT2D eigenvalue weighted by Crippen LogP contribution is 2.34. The van der Waals surface area contributed by atoms with Crippen LogP contribution in [0.15, 0.2) is 54.7 Å². The number of methoxy groups -OCH3 is 1. The number of nitrogens with zero attached hydrogens (tertiary/aromatic N) is 2. The number of hydrogen-bond acceptors (Lipinski definition) is 5. The molecule has 2 aromatic carbocycles. The van der Waals surface area contributed by atoms with E-state index >= 15 is 0 Å². The molecule has 1 amide bonds. The van der Waals surface area contributed by atoms with Crippen molar-refractivity contribution in [1.82, 2.24) is 9.97 Å². The quantitative estimate of drug-likeness (QED) is 0.477. The Bertz CT molecular complexity index is 1160. The van der Waals surface area contributed by atoms with E-state index in [2.05, 4.69) is 15.3 Å². The molecule has 5 nitrogen and oxygen atoms in total. The van der Waals surface area contributed by atoms with Crippen molar-refractivity contribution in [2.24, 2.45) is 0 Å². The molecule has 0 radical (unpaired) electrons. The minimum absolute atomic E-state index is 0.287. The fraction of sp³-hybridized carbons (Fsp3) is 0.0952. The lowest BCUT2D eigenvalue weighted by atomic mass is 10.1. The van der Waals surface area contributed by atoms with Gasteiger partial charge in [-0.15, -0.1) is 0 Å². The van der Waals surface area contributed by atoms with E-state index in [-0.39, 0.29) is 5.91 Å². The molecule has 0 fully saturated rings. The van der Waals surface area contributed by atoms with Crippen molar-refractivity contribution < 1.29 is 9.53 Å².